The standard InChI is InChI=1S/C14H15ClN2O2/c15-11-3-1-2-10(8-11)12-13(18)16-6-7-17(12)14(19)9-4-5-9/h1-3,8-9,12H,4-7H2,(H,16,18). The van der Waals surface area contributed by atoms with Crippen LogP contribution in [0, 0.1) is 5.92 Å². The van der Waals surface area contributed by atoms with Crippen molar-refractivity contribution >= 4 is 23.4 Å². The monoisotopic (exact) mass is 278 g/mol. The number of rotatable bonds is 2. The maximum atomic E-state index is 12.3. The zero-order chi connectivity index (χ0) is 13.4. The second-order valence-corrected chi connectivity index (χ2v) is 5.49. The van der Waals surface area contributed by atoms with Gasteiger partial charge in [-0.25, -0.2) is 0 Å². The van der Waals surface area contributed by atoms with Gasteiger partial charge < -0.3 is 10.2 Å². The van der Waals surface area contributed by atoms with E-state index in [4.69, 9.17) is 11.6 Å². The molecule has 100 valence electrons. The molecule has 1 saturated heterocycles. The molecule has 19 heavy (non-hydrogen) atoms. The molecular formula is C14H15ClN2O2. The number of hydrogen-bond donors (Lipinski definition) is 1. The predicted molar refractivity (Wildman–Crippen MR) is 71.6 cm³/mol. The molecule has 0 spiro atoms. The fraction of sp³-hybridized carbons (Fsp3) is 0.429. The first kappa shape index (κ1) is 12.5. The number of benzene rings is 1. The lowest BCUT2D eigenvalue weighted by atomic mass is 10.0. The van der Waals surface area contributed by atoms with Crippen molar-refractivity contribution in [1.82, 2.24) is 10.2 Å². The van der Waals surface area contributed by atoms with Gasteiger partial charge in [0.25, 0.3) is 0 Å². The molecule has 3 rings (SSSR count). The number of piperazine rings is 1. The Hall–Kier alpha value is -1.55. The van der Waals surface area contributed by atoms with Crippen molar-refractivity contribution in [2.75, 3.05) is 13.1 Å². The van der Waals surface area contributed by atoms with Crippen LogP contribution in [0.15, 0.2) is 24.3 Å². The second-order valence-electron chi connectivity index (χ2n) is 5.05. The number of halogens is 1. The molecule has 0 bridgehead atoms. The summed E-state index contributed by atoms with van der Waals surface area (Å²) in [7, 11) is 0. The van der Waals surface area contributed by atoms with Gasteiger partial charge in [0.1, 0.15) is 6.04 Å². The summed E-state index contributed by atoms with van der Waals surface area (Å²) in [5.74, 6) is 0.0925. The fourth-order valence-corrected chi connectivity index (χ4v) is 2.68. The van der Waals surface area contributed by atoms with Crippen LogP contribution >= 0.6 is 11.6 Å². The minimum atomic E-state index is -0.541. The van der Waals surface area contributed by atoms with E-state index in [-0.39, 0.29) is 17.7 Å². The van der Waals surface area contributed by atoms with E-state index in [2.05, 4.69) is 5.32 Å². The molecule has 1 aliphatic heterocycles. The summed E-state index contributed by atoms with van der Waals surface area (Å²) in [5.41, 5.74) is 0.777. The van der Waals surface area contributed by atoms with Gasteiger partial charge in [-0.3, -0.25) is 9.59 Å². The van der Waals surface area contributed by atoms with Crippen LogP contribution in [0.25, 0.3) is 0 Å². The number of nitrogens with one attached hydrogen (secondary N) is 1. The van der Waals surface area contributed by atoms with Crippen LogP contribution in [-0.4, -0.2) is 29.8 Å². The zero-order valence-electron chi connectivity index (χ0n) is 10.4. The molecule has 2 fully saturated rings. The van der Waals surface area contributed by atoms with Crippen molar-refractivity contribution in [3.8, 4) is 0 Å². The molecule has 5 heteroatoms. The van der Waals surface area contributed by atoms with Gasteiger partial charge in [-0.15, -0.1) is 0 Å². The van der Waals surface area contributed by atoms with Gasteiger partial charge in [-0.1, -0.05) is 23.7 Å². The molecular weight excluding hydrogens is 264 g/mol. The molecule has 1 saturated carbocycles. The number of amides is 2. The molecule has 1 aliphatic carbocycles. The molecule has 1 N–H and O–H groups in total. The van der Waals surface area contributed by atoms with Gasteiger partial charge in [0.2, 0.25) is 11.8 Å². The Morgan fingerprint density at radius 3 is 2.84 bits per heavy atom. The van der Waals surface area contributed by atoms with Crippen molar-refractivity contribution in [2.45, 2.75) is 18.9 Å². The summed E-state index contributed by atoms with van der Waals surface area (Å²) in [6, 6.07) is 6.62. The minimum absolute atomic E-state index is 0.0971. The van der Waals surface area contributed by atoms with Crippen molar-refractivity contribution in [3.63, 3.8) is 0 Å². The fourth-order valence-electron chi connectivity index (χ4n) is 2.48. The molecule has 0 radical (unpaired) electrons. The van der Waals surface area contributed by atoms with Crippen molar-refractivity contribution < 1.29 is 9.59 Å². The molecule has 1 aromatic rings. The first-order valence-corrected chi connectivity index (χ1v) is 6.88. The van der Waals surface area contributed by atoms with E-state index in [1.54, 1.807) is 23.1 Å². The molecule has 2 aliphatic rings. The Bertz CT molecular complexity index is 528. The van der Waals surface area contributed by atoms with Crippen LogP contribution in [0.2, 0.25) is 5.02 Å². The van der Waals surface area contributed by atoms with Gasteiger partial charge in [0.05, 0.1) is 0 Å². The third-order valence-corrected chi connectivity index (χ3v) is 3.82. The normalized spacial score (nSPS) is 23.1. The Morgan fingerprint density at radius 2 is 2.16 bits per heavy atom. The Kier molecular flexibility index (Phi) is 3.19. The third kappa shape index (κ3) is 2.45. The first-order chi connectivity index (χ1) is 9.16. The smallest absolute Gasteiger partial charge is 0.247 e. The molecule has 0 aromatic heterocycles. The Morgan fingerprint density at radius 1 is 1.37 bits per heavy atom. The topological polar surface area (TPSA) is 49.4 Å². The Labute approximate surface area is 116 Å². The average molecular weight is 279 g/mol. The van der Waals surface area contributed by atoms with E-state index in [9.17, 15) is 9.59 Å². The summed E-state index contributed by atoms with van der Waals surface area (Å²) in [4.78, 5) is 26.1. The van der Waals surface area contributed by atoms with Crippen molar-refractivity contribution in [3.05, 3.63) is 34.9 Å². The summed E-state index contributed by atoms with van der Waals surface area (Å²) in [5, 5.41) is 3.40. The number of carbonyl (C=O) groups excluding carboxylic acids is 2. The molecule has 2 amide bonds. The maximum Gasteiger partial charge on any atom is 0.247 e. The summed E-state index contributed by atoms with van der Waals surface area (Å²) >= 11 is 5.98. The summed E-state index contributed by atoms with van der Waals surface area (Å²) < 4.78 is 0. The van der Waals surface area contributed by atoms with E-state index in [1.807, 2.05) is 6.07 Å². The lowest BCUT2D eigenvalue weighted by Gasteiger charge is -2.35. The van der Waals surface area contributed by atoms with Crippen molar-refractivity contribution in [1.29, 1.82) is 0 Å². The van der Waals surface area contributed by atoms with Crippen molar-refractivity contribution in [2.24, 2.45) is 5.92 Å². The SMILES string of the molecule is O=C1NCCN(C(=O)C2CC2)C1c1cccc(Cl)c1. The molecule has 1 aromatic carbocycles. The highest BCUT2D eigenvalue weighted by atomic mass is 35.5. The Balaban J connectivity index is 1.93. The third-order valence-electron chi connectivity index (χ3n) is 3.59. The molecule has 1 unspecified atom stereocenters. The molecule has 1 atom stereocenters. The zero-order valence-corrected chi connectivity index (χ0v) is 11.2. The van der Waals surface area contributed by atoms with E-state index in [0.717, 1.165) is 18.4 Å². The van der Waals surface area contributed by atoms with E-state index < -0.39 is 6.04 Å². The highest BCUT2D eigenvalue weighted by Crippen LogP contribution is 2.35. The second kappa shape index (κ2) is 4.85. The lowest BCUT2D eigenvalue weighted by molar-refractivity contribution is -0.144. The first-order valence-electron chi connectivity index (χ1n) is 6.50. The van der Waals surface area contributed by atoms with Crippen LogP contribution in [0.1, 0.15) is 24.4 Å². The quantitative estimate of drug-likeness (QED) is 0.896. The summed E-state index contributed by atoms with van der Waals surface area (Å²) in [6.07, 6.45) is 1.89. The van der Waals surface area contributed by atoms with Crippen LogP contribution < -0.4 is 5.32 Å². The van der Waals surface area contributed by atoms with Crippen LogP contribution in [0.5, 0.6) is 0 Å². The average Bonchev–Trinajstić information content (AvgIpc) is 3.22. The van der Waals surface area contributed by atoms with Crippen LogP contribution in [0.4, 0.5) is 0 Å². The van der Waals surface area contributed by atoms with Crippen LogP contribution in [-0.2, 0) is 9.59 Å². The highest BCUT2D eigenvalue weighted by Gasteiger charge is 2.40. The van der Waals surface area contributed by atoms with Gasteiger partial charge >= 0.3 is 0 Å². The number of hydrogen-bond acceptors (Lipinski definition) is 2. The number of nitrogens with zero attached hydrogens (tertiary/aromatic N) is 1. The summed E-state index contributed by atoms with van der Waals surface area (Å²) in [6.45, 7) is 1.09. The highest BCUT2D eigenvalue weighted by molar-refractivity contribution is 6.30. The van der Waals surface area contributed by atoms with Gasteiger partial charge in [-0.05, 0) is 30.5 Å². The minimum Gasteiger partial charge on any atom is -0.352 e. The van der Waals surface area contributed by atoms with Crippen LogP contribution in [0.3, 0.4) is 0 Å². The number of carbonyl (C=O) groups is 2. The lowest BCUT2D eigenvalue weighted by Crippen LogP contribution is -2.52. The largest absolute Gasteiger partial charge is 0.352 e. The van der Waals surface area contributed by atoms with E-state index in [1.165, 1.54) is 0 Å². The molecule has 1 heterocycles. The van der Waals surface area contributed by atoms with E-state index >= 15 is 0 Å². The maximum absolute atomic E-state index is 12.3. The molecule has 4 nitrogen and oxygen atoms in total. The predicted octanol–water partition coefficient (Wildman–Crippen LogP) is 1.75. The van der Waals surface area contributed by atoms with E-state index in [0.29, 0.717) is 18.1 Å². The van der Waals surface area contributed by atoms with Gasteiger partial charge in [-0.2, -0.15) is 0 Å². The van der Waals surface area contributed by atoms with Gasteiger partial charge in [0.15, 0.2) is 0 Å². The van der Waals surface area contributed by atoms with Gasteiger partial charge in [0, 0.05) is 24.0 Å².